The SMILES string of the molecule is CC1(c2ccccc2)N[11C](=O)NC1=O. The molecule has 4 nitrogen and oxygen atoms in total. The molecule has 1 aromatic carbocycles. The van der Waals surface area contributed by atoms with Crippen molar-refractivity contribution in [1.82, 2.24) is 10.6 Å². The minimum atomic E-state index is -0.932. The Morgan fingerprint density at radius 3 is 2.29 bits per heavy atom. The van der Waals surface area contributed by atoms with Crippen LogP contribution in [0, 0.1) is 0 Å². The number of amides is 3. The van der Waals surface area contributed by atoms with Gasteiger partial charge in [-0.05, 0) is 12.5 Å². The van der Waals surface area contributed by atoms with Crippen molar-refractivity contribution in [3.63, 3.8) is 0 Å². The molecule has 1 atom stereocenters. The molecule has 0 saturated carbocycles. The highest BCUT2D eigenvalue weighted by Gasteiger charge is 2.43. The number of urea groups is 1. The van der Waals surface area contributed by atoms with Gasteiger partial charge in [-0.15, -0.1) is 0 Å². The number of hydrogen-bond donors (Lipinski definition) is 2. The maximum Gasteiger partial charge on any atom is 0.322 e. The third-order valence-electron chi connectivity index (χ3n) is 2.40. The lowest BCUT2D eigenvalue weighted by molar-refractivity contribution is -0.123. The van der Waals surface area contributed by atoms with Gasteiger partial charge in [0, 0.05) is 0 Å². The van der Waals surface area contributed by atoms with E-state index < -0.39 is 11.6 Å². The first-order valence-electron chi connectivity index (χ1n) is 4.32. The molecule has 2 N–H and O–H groups in total. The van der Waals surface area contributed by atoms with Gasteiger partial charge in [0.05, 0.1) is 0 Å². The van der Waals surface area contributed by atoms with Gasteiger partial charge in [-0.1, -0.05) is 30.3 Å². The van der Waals surface area contributed by atoms with E-state index in [0.717, 1.165) is 5.56 Å². The average molecular weight is 189 g/mol. The van der Waals surface area contributed by atoms with Crippen LogP contribution in [0.5, 0.6) is 0 Å². The molecule has 0 bridgehead atoms. The molecule has 0 radical (unpaired) electrons. The molecule has 1 aromatic rings. The van der Waals surface area contributed by atoms with E-state index >= 15 is 0 Å². The Kier molecular flexibility index (Phi) is 1.77. The van der Waals surface area contributed by atoms with E-state index in [9.17, 15) is 9.59 Å². The normalized spacial score (nSPS) is 25.8. The predicted octanol–water partition coefficient (Wildman–Crippen LogP) is 0.741. The van der Waals surface area contributed by atoms with Gasteiger partial charge in [-0.25, -0.2) is 4.79 Å². The Labute approximate surface area is 81.3 Å². The van der Waals surface area contributed by atoms with Crippen LogP contribution in [-0.4, -0.2) is 11.9 Å². The van der Waals surface area contributed by atoms with Crippen molar-refractivity contribution in [3.05, 3.63) is 35.9 Å². The molecule has 1 aliphatic rings. The zero-order chi connectivity index (χ0) is 10.2. The lowest BCUT2D eigenvalue weighted by Crippen LogP contribution is -2.40. The summed E-state index contributed by atoms with van der Waals surface area (Å²) < 4.78 is 0. The van der Waals surface area contributed by atoms with E-state index in [1.807, 2.05) is 30.3 Å². The van der Waals surface area contributed by atoms with Gasteiger partial charge in [-0.2, -0.15) is 0 Å². The van der Waals surface area contributed by atoms with E-state index in [0.29, 0.717) is 0 Å². The Morgan fingerprint density at radius 1 is 1.14 bits per heavy atom. The highest BCUT2D eigenvalue weighted by Crippen LogP contribution is 2.23. The van der Waals surface area contributed by atoms with Crippen molar-refractivity contribution >= 4 is 11.9 Å². The smallest absolute Gasteiger partial charge is 0.320 e. The average Bonchev–Trinajstić information content (AvgIpc) is 2.43. The zero-order valence-corrected chi connectivity index (χ0v) is 7.70. The highest BCUT2D eigenvalue weighted by molar-refractivity contribution is 6.07. The van der Waals surface area contributed by atoms with Crippen LogP contribution in [0.2, 0.25) is 0 Å². The summed E-state index contributed by atoms with van der Waals surface area (Å²) >= 11 is 0. The molecular formula is C10H10N2O2. The van der Waals surface area contributed by atoms with Crippen LogP contribution in [0.25, 0.3) is 0 Å². The minimum Gasteiger partial charge on any atom is -0.320 e. The second kappa shape index (κ2) is 2.83. The zero-order valence-electron chi connectivity index (χ0n) is 7.70. The molecule has 0 aliphatic carbocycles. The van der Waals surface area contributed by atoms with E-state index in [2.05, 4.69) is 10.6 Å². The standard InChI is InChI=1S/C10H10N2O2/c1-10(7-5-3-2-4-6-7)8(13)11-9(14)12-10/h2-6H,1H3,(H2,11,12,13,14)/i9-1. The molecule has 0 spiro atoms. The first kappa shape index (κ1) is 8.74. The summed E-state index contributed by atoms with van der Waals surface area (Å²) in [7, 11) is 0. The van der Waals surface area contributed by atoms with Gasteiger partial charge in [0.2, 0.25) is 0 Å². The van der Waals surface area contributed by atoms with Crippen LogP contribution in [0.3, 0.4) is 0 Å². The highest BCUT2D eigenvalue weighted by atomic mass is 16.2. The largest absolute Gasteiger partial charge is 0.322 e. The third-order valence-corrected chi connectivity index (χ3v) is 2.40. The summed E-state index contributed by atoms with van der Waals surface area (Å²) in [6, 6.07) is 8.70. The summed E-state index contributed by atoms with van der Waals surface area (Å²) in [6.07, 6.45) is 0. The lowest BCUT2D eigenvalue weighted by atomic mass is 9.92. The third kappa shape index (κ3) is 1.16. The van der Waals surface area contributed by atoms with Crippen molar-refractivity contribution in [2.45, 2.75) is 12.5 Å². The summed E-state index contributed by atoms with van der Waals surface area (Å²) in [4.78, 5) is 22.5. The van der Waals surface area contributed by atoms with Gasteiger partial charge >= 0.3 is 6.03 Å². The molecule has 1 aliphatic heterocycles. The van der Waals surface area contributed by atoms with Crippen LogP contribution >= 0.6 is 0 Å². The second-order valence-corrected chi connectivity index (χ2v) is 3.40. The molecule has 72 valence electrons. The van der Waals surface area contributed by atoms with Crippen LogP contribution in [0.4, 0.5) is 4.79 Å². The Morgan fingerprint density at radius 2 is 1.79 bits per heavy atom. The van der Waals surface area contributed by atoms with Crippen molar-refractivity contribution in [2.75, 3.05) is 0 Å². The molecule has 14 heavy (non-hydrogen) atoms. The molecule has 2 rings (SSSR count). The van der Waals surface area contributed by atoms with E-state index in [1.54, 1.807) is 6.92 Å². The fourth-order valence-electron chi connectivity index (χ4n) is 1.52. The molecule has 1 saturated heterocycles. The molecule has 3 amide bonds. The molecule has 1 heterocycles. The summed E-state index contributed by atoms with van der Waals surface area (Å²) in [5, 5.41) is 4.81. The van der Waals surface area contributed by atoms with Crippen molar-refractivity contribution < 1.29 is 9.59 Å². The number of carbonyl (C=O) groups is 2. The van der Waals surface area contributed by atoms with Crippen LogP contribution in [0.1, 0.15) is 12.5 Å². The summed E-state index contributed by atoms with van der Waals surface area (Å²) in [5.74, 6) is -0.311. The minimum absolute atomic E-state index is 0.311. The first-order valence-corrected chi connectivity index (χ1v) is 4.32. The molecule has 1 fully saturated rings. The van der Waals surface area contributed by atoms with Gasteiger partial charge in [-0.3, -0.25) is 10.1 Å². The van der Waals surface area contributed by atoms with Crippen LogP contribution in [-0.2, 0) is 10.3 Å². The number of rotatable bonds is 1. The second-order valence-electron chi connectivity index (χ2n) is 3.40. The number of carbonyl (C=O) groups excluding carboxylic acids is 2. The van der Waals surface area contributed by atoms with Crippen molar-refractivity contribution in [3.8, 4) is 0 Å². The first-order chi connectivity index (χ1) is 6.63. The number of imide groups is 1. The van der Waals surface area contributed by atoms with Crippen molar-refractivity contribution in [1.29, 1.82) is 0 Å². The van der Waals surface area contributed by atoms with Crippen LogP contribution < -0.4 is 10.6 Å². The lowest BCUT2D eigenvalue weighted by Gasteiger charge is -2.20. The molecule has 1 unspecified atom stereocenters. The topological polar surface area (TPSA) is 58.2 Å². The predicted molar refractivity (Wildman–Crippen MR) is 50.5 cm³/mol. The van der Waals surface area contributed by atoms with Crippen LogP contribution in [0.15, 0.2) is 30.3 Å². The van der Waals surface area contributed by atoms with E-state index in [1.165, 1.54) is 0 Å². The maximum absolute atomic E-state index is 11.5. The van der Waals surface area contributed by atoms with Crippen molar-refractivity contribution in [2.24, 2.45) is 0 Å². The number of benzene rings is 1. The van der Waals surface area contributed by atoms with Gasteiger partial charge in [0.15, 0.2) is 0 Å². The number of nitrogens with one attached hydrogen (secondary N) is 2. The quantitative estimate of drug-likeness (QED) is 0.640. The molecule has 4 heteroatoms. The van der Waals surface area contributed by atoms with Gasteiger partial charge < -0.3 is 5.32 Å². The molecule has 0 aromatic heterocycles. The molecular weight excluding hydrogens is 179 g/mol. The maximum atomic E-state index is 11.5. The van der Waals surface area contributed by atoms with E-state index in [4.69, 9.17) is 0 Å². The Hall–Kier alpha value is -1.84. The Bertz CT molecular complexity index is 388. The van der Waals surface area contributed by atoms with E-state index in [-0.39, 0.29) is 5.91 Å². The summed E-state index contributed by atoms with van der Waals surface area (Å²) in [5.41, 5.74) is -0.151. The number of hydrogen-bond acceptors (Lipinski definition) is 2. The summed E-state index contributed by atoms with van der Waals surface area (Å²) in [6.45, 7) is 1.68. The van der Waals surface area contributed by atoms with Gasteiger partial charge in [0.25, 0.3) is 5.91 Å². The fraction of sp³-hybridized carbons (Fsp3) is 0.200. The fourth-order valence-corrected chi connectivity index (χ4v) is 1.52. The van der Waals surface area contributed by atoms with Gasteiger partial charge in [0.1, 0.15) is 5.54 Å². The monoisotopic (exact) mass is 189 g/mol. The Balaban J connectivity index is 2.43.